The second-order valence-corrected chi connectivity index (χ2v) is 12.9. The molecule has 9 atom stereocenters. The molecule has 2 saturated carbocycles. The van der Waals surface area contributed by atoms with Gasteiger partial charge in [0.25, 0.3) is 0 Å². The van der Waals surface area contributed by atoms with Crippen molar-refractivity contribution in [3.05, 3.63) is 24.2 Å². The van der Waals surface area contributed by atoms with Gasteiger partial charge in [0.1, 0.15) is 23.6 Å². The molecule has 1 aromatic heterocycles. The fraction of sp³-hybridized carbons (Fsp3) is 0.724. The van der Waals surface area contributed by atoms with E-state index in [1.807, 2.05) is 20.8 Å². The third-order valence-electron chi connectivity index (χ3n) is 10.7. The lowest BCUT2D eigenvalue weighted by atomic mass is 9.37. The summed E-state index contributed by atoms with van der Waals surface area (Å²) in [4.78, 5) is 52.5. The second kappa shape index (κ2) is 8.64. The van der Waals surface area contributed by atoms with Gasteiger partial charge in [-0.15, -0.1) is 0 Å². The smallest absolute Gasteiger partial charge is 0.339 e. The number of epoxide rings is 1. The maximum atomic E-state index is 14.4. The van der Waals surface area contributed by atoms with E-state index < -0.39 is 75.5 Å². The van der Waals surface area contributed by atoms with Crippen LogP contribution in [0.2, 0.25) is 0 Å². The molecule has 39 heavy (non-hydrogen) atoms. The Morgan fingerprint density at radius 1 is 1.21 bits per heavy atom. The number of rotatable bonds is 6. The van der Waals surface area contributed by atoms with E-state index in [4.69, 9.17) is 23.4 Å². The summed E-state index contributed by atoms with van der Waals surface area (Å²) in [5.74, 6) is -3.00. The van der Waals surface area contributed by atoms with Gasteiger partial charge in [0, 0.05) is 35.7 Å². The number of ether oxygens (including phenoxy) is 4. The Kier molecular flexibility index (Phi) is 6.16. The average molecular weight is 547 g/mol. The van der Waals surface area contributed by atoms with Gasteiger partial charge in [0.15, 0.2) is 6.10 Å². The van der Waals surface area contributed by atoms with Crippen LogP contribution in [0.4, 0.5) is 0 Å². The number of aliphatic hydroxyl groups is 1. The molecule has 4 aliphatic rings. The van der Waals surface area contributed by atoms with Crippen LogP contribution >= 0.6 is 0 Å². The predicted molar refractivity (Wildman–Crippen MR) is 134 cm³/mol. The second-order valence-electron chi connectivity index (χ2n) is 12.9. The molecule has 3 heterocycles. The van der Waals surface area contributed by atoms with E-state index in [1.165, 1.54) is 26.6 Å². The highest BCUT2D eigenvalue weighted by molar-refractivity contribution is 5.93. The van der Waals surface area contributed by atoms with E-state index in [0.717, 1.165) is 0 Å². The van der Waals surface area contributed by atoms with Crippen molar-refractivity contribution >= 4 is 23.7 Å². The van der Waals surface area contributed by atoms with Gasteiger partial charge < -0.3 is 28.5 Å². The first-order chi connectivity index (χ1) is 18.1. The standard InChI is InChI=1S/C29H38O10/c1-15(30)37-20(13-21(32)35-7)27(5)17-8-10-26(4)22(16-9-11-36-14-16)38-24(33)23-29(26,39-23)28(17,6)19(31)12-18(27)25(2,3)34/h9,11,14,17-18,20,22-23,34H,8,10,12-13H2,1-7H3. The fourth-order valence-electron chi connectivity index (χ4n) is 8.94. The molecule has 0 aromatic carbocycles. The molecule has 0 radical (unpaired) electrons. The summed E-state index contributed by atoms with van der Waals surface area (Å²) >= 11 is 0. The SMILES string of the molecule is COC(=O)CC(OC(C)=O)C1(C)C(C(C)(C)O)CC(=O)C2(C)C1CCC1(C)C(c3ccoc3)OC(=O)C3OC312. The van der Waals surface area contributed by atoms with Crippen molar-refractivity contribution in [1.29, 1.82) is 0 Å². The summed E-state index contributed by atoms with van der Waals surface area (Å²) in [5, 5.41) is 11.4. The summed E-state index contributed by atoms with van der Waals surface area (Å²) in [6, 6.07) is 1.75. The van der Waals surface area contributed by atoms with Crippen LogP contribution in [0.1, 0.15) is 78.9 Å². The summed E-state index contributed by atoms with van der Waals surface area (Å²) < 4.78 is 28.3. The minimum Gasteiger partial charge on any atom is -0.472 e. The Bertz CT molecular complexity index is 1200. The third-order valence-corrected chi connectivity index (χ3v) is 10.7. The number of ketones is 1. The Balaban J connectivity index is 1.70. The lowest BCUT2D eigenvalue weighted by Gasteiger charge is -2.66. The molecular formula is C29H38O10. The lowest BCUT2D eigenvalue weighted by Crippen LogP contribution is -2.73. The van der Waals surface area contributed by atoms with Gasteiger partial charge in [0.05, 0.1) is 37.1 Å². The van der Waals surface area contributed by atoms with E-state index in [1.54, 1.807) is 19.9 Å². The molecule has 2 saturated heterocycles. The maximum Gasteiger partial charge on any atom is 0.339 e. The molecule has 10 nitrogen and oxygen atoms in total. The number of methoxy groups -OCH3 is 1. The molecule has 2 aliphatic heterocycles. The highest BCUT2D eigenvalue weighted by Crippen LogP contribution is 2.78. The van der Waals surface area contributed by atoms with Crippen LogP contribution < -0.4 is 0 Å². The average Bonchev–Trinajstić information content (AvgIpc) is 3.42. The molecule has 1 aromatic rings. The molecular weight excluding hydrogens is 508 g/mol. The van der Waals surface area contributed by atoms with Crippen molar-refractivity contribution in [2.24, 2.45) is 28.1 Å². The number of carbonyl (C=O) groups excluding carboxylic acids is 4. The van der Waals surface area contributed by atoms with Crippen LogP contribution in [0, 0.1) is 28.1 Å². The summed E-state index contributed by atoms with van der Waals surface area (Å²) in [7, 11) is 1.26. The zero-order chi connectivity index (χ0) is 28.8. The largest absolute Gasteiger partial charge is 0.472 e. The minimum atomic E-state index is -1.35. The first kappa shape index (κ1) is 27.8. The van der Waals surface area contributed by atoms with E-state index in [9.17, 15) is 24.3 Å². The minimum absolute atomic E-state index is 0.0503. The molecule has 10 heteroatoms. The summed E-state index contributed by atoms with van der Waals surface area (Å²) in [5.41, 5.74) is -4.89. The number of hydrogen-bond donors (Lipinski definition) is 1. The third kappa shape index (κ3) is 3.53. The van der Waals surface area contributed by atoms with Crippen LogP contribution in [0.25, 0.3) is 0 Å². The van der Waals surface area contributed by atoms with Crippen molar-refractivity contribution in [1.82, 2.24) is 0 Å². The molecule has 1 N–H and O–H groups in total. The van der Waals surface area contributed by atoms with Gasteiger partial charge in [-0.25, -0.2) is 4.79 Å². The van der Waals surface area contributed by atoms with Crippen LogP contribution in [0.15, 0.2) is 23.0 Å². The Morgan fingerprint density at radius 3 is 2.46 bits per heavy atom. The van der Waals surface area contributed by atoms with Gasteiger partial charge >= 0.3 is 17.9 Å². The molecule has 1 spiro atoms. The first-order valence-electron chi connectivity index (χ1n) is 13.5. The molecule has 214 valence electrons. The number of cyclic esters (lactones) is 1. The molecule has 0 amide bonds. The van der Waals surface area contributed by atoms with Crippen LogP contribution in [0.5, 0.6) is 0 Å². The van der Waals surface area contributed by atoms with Crippen molar-refractivity contribution in [2.45, 2.75) is 96.7 Å². The number of Topliss-reactive ketones (excluding diaryl/α,β-unsaturated/α-hetero) is 1. The highest BCUT2D eigenvalue weighted by atomic mass is 16.7. The number of esters is 3. The van der Waals surface area contributed by atoms with Crippen molar-refractivity contribution < 1.29 is 47.6 Å². The van der Waals surface area contributed by atoms with Gasteiger partial charge in [-0.1, -0.05) is 13.8 Å². The fourth-order valence-corrected chi connectivity index (χ4v) is 8.94. The van der Waals surface area contributed by atoms with E-state index in [2.05, 4.69) is 0 Å². The molecule has 0 bridgehead atoms. The molecule has 9 unspecified atom stereocenters. The maximum absolute atomic E-state index is 14.4. The van der Waals surface area contributed by atoms with Gasteiger partial charge in [0.2, 0.25) is 0 Å². The number of hydrogen-bond acceptors (Lipinski definition) is 10. The quantitative estimate of drug-likeness (QED) is 0.321. The van der Waals surface area contributed by atoms with E-state index >= 15 is 0 Å². The predicted octanol–water partition coefficient (Wildman–Crippen LogP) is 3.30. The number of fused-ring (bicyclic) bond motifs is 1. The van der Waals surface area contributed by atoms with E-state index in [-0.39, 0.29) is 18.6 Å². The van der Waals surface area contributed by atoms with Crippen molar-refractivity contribution in [3.63, 3.8) is 0 Å². The van der Waals surface area contributed by atoms with Crippen molar-refractivity contribution in [3.8, 4) is 0 Å². The van der Waals surface area contributed by atoms with Crippen LogP contribution in [-0.4, -0.2) is 59.3 Å². The number of carbonyl (C=O) groups is 4. The highest BCUT2D eigenvalue weighted by Gasteiger charge is 2.88. The topological polar surface area (TPSA) is 142 Å². The summed E-state index contributed by atoms with van der Waals surface area (Å²) in [6.45, 7) is 10.2. The molecule has 5 rings (SSSR count). The van der Waals surface area contributed by atoms with Gasteiger partial charge in [-0.3, -0.25) is 14.4 Å². The Morgan fingerprint density at radius 2 is 1.90 bits per heavy atom. The van der Waals surface area contributed by atoms with Crippen LogP contribution in [-0.2, 0) is 38.1 Å². The van der Waals surface area contributed by atoms with Crippen LogP contribution in [0.3, 0.4) is 0 Å². The van der Waals surface area contributed by atoms with Gasteiger partial charge in [-0.2, -0.15) is 0 Å². The molecule has 4 fully saturated rings. The Labute approximate surface area is 227 Å². The first-order valence-corrected chi connectivity index (χ1v) is 13.5. The lowest BCUT2D eigenvalue weighted by molar-refractivity contribution is -0.240. The zero-order valence-electron chi connectivity index (χ0n) is 23.6. The Hall–Kier alpha value is -2.72. The number of furan rings is 1. The van der Waals surface area contributed by atoms with Gasteiger partial charge in [-0.05, 0) is 45.6 Å². The monoisotopic (exact) mass is 546 g/mol. The zero-order valence-corrected chi connectivity index (χ0v) is 23.6. The van der Waals surface area contributed by atoms with E-state index in [0.29, 0.717) is 18.4 Å². The molecule has 2 aliphatic carbocycles. The summed E-state index contributed by atoms with van der Waals surface area (Å²) in [6.07, 6.45) is 1.14. The van der Waals surface area contributed by atoms with Crippen molar-refractivity contribution in [2.75, 3.05) is 7.11 Å². The normalized spacial score (nSPS) is 41.8.